The van der Waals surface area contributed by atoms with Gasteiger partial charge < -0.3 is 10.8 Å². The zero-order valence-corrected chi connectivity index (χ0v) is 6.04. The van der Waals surface area contributed by atoms with E-state index in [1.165, 1.54) is 0 Å². The number of aromatic carboxylic acids is 1. The van der Waals surface area contributed by atoms with Gasteiger partial charge in [0.05, 0.1) is 11.2 Å². The Morgan fingerprint density at radius 1 is 1.73 bits per heavy atom. The highest BCUT2D eigenvalue weighted by molar-refractivity contribution is 6.33. The van der Waals surface area contributed by atoms with Gasteiger partial charge in [0.1, 0.15) is 0 Å². The van der Waals surface area contributed by atoms with E-state index in [0.717, 1.165) is 6.20 Å². The lowest BCUT2D eigenvalue weighted by atomic mass is 10.4. The van der Waals surface area contributed by atoms with Gasteiger partial charge in [-0.3, -0.25) is 0 Å². The van der Waals surface area contributed by atoms with Crippen LogP contribution in [0.4, 0.5) is 5.95 Å². The summed E-state index contributed by atoms with van der Waals surface area (Å²) in [6.45, 7) is 0. The van der Waals surface area contributed by atoms with Crippen LogP contribution in [0.25, 0.3) is 0 Å². The average Bonchev–Trinajstić information content (AvgIpc) is 1.94. The van der Waals surface area contributed by atoms with Gasteiger partial charge >= 0.3 is 5.97 Å². The Balaban J connectivity index is 3.23. The molecule has 0 atom stereocenters. The third-order valence-electron chi connectivity index (χ3n) is 0.965. The van der Waals surface area contributed by atoms with E-state index in [9.17, 15) is 4.79 Å². The van der Waals surface area contributed by atoms with Gasteiger partial charge in [0, 0.05) is 0 Å². The van der Waals surface area contributed by atoms with E-state index in [1.54, 1.807) is 0 Å². The molecule has 5 nitrogen and oxygen atoms in total. The maximum atomic E-state index is 10.3. The van der Waals surface area contributed by atoms with Crippen molar-refractivity contribution >= 4 is 23.5 Å². The molecule has 0 radical (unpaired) electrons. The minimum Gasteiger partial charge on any atom is -0.476 e. The summed E-state index contributed by atoms with van der Waals surface area (Å²) in [5.74, 6) is -1.32. The predicted octanol–water partition coefficient (Wildman–Crippen LogP) is 0.410. The number of nitrogen functional groups attached to an aromatic ring is 1. The van der Waals surface area contributed by atoms with E-state index < -0.39 is 5.97 Å². The second kappa shape index (κ2) is 2.71. The third-order valence-corrected chi connectivity index (χ3v) is 1.24. The highest BCUT2D eigenvalue weighted by Crippen LogP contribution is 2.11. The number of aromatic nitrogens is 2. The van der Waals surface area contributed by atoms with Gasteiger partial charge in [-0.2, -0.15) is 0 Å². The highest BCUT2D eigenvalue weighted by atomic mass is 35.5. The summed E-state index contributed by atoms with van der Waals surface area (Å²) in [6.07, 6.45) is 1.15. The summed E-state index contributed by atoms with van der Waals surface area (Å²) in [4.78, 5) is 17.2. The number of halogens is 1. The number of nitrogens with two attached hydrogens (primary N) is 1. The van der Waals surface area contributed by atoms with Crippen molar-refractivity contribution in [2.24, 2.45) is 0 Å². The SMILES string of the molecule is Nc1ncc(Cl)c(C(=O)O)n1. The van der Waals surface area contributed by atoms with Gasteiger partial charge in [0.15, 0.2) is 5.69 Å². The zero-order valence-electron chi connectivity index (χ0n) is 5.28. The quantitative estimate of drug-likeness (QED) is 0.642. The van der Waals surface area contributed by atoms with Crippen molar-refractivity contribution < 1.29 is 9.90 Å². The van der Waals surface area contributed by atoms with Crippen LogP contribution in [0.15, 0.2) is 6.20 Å². The normalized spacial score (nSPS) is 9.55. The van der Waals surface area contributed by atoms with Crippen LogP contribution in [0.5, 0.6) is 0 Å². The first-order chi connectivity index (χ1) is 5.11. The van der Waals surface area contributed by atoms with Crippen LogP contribution >= 0.6 is 11.6 Å². The zero-order chi connectivity index (χ0) is 8.43. The van der Waals surface area contributed by atoms with Crippen LogP contribution in [0.3, 0.4) is 0 Å². The lowest BCUT2D eigenvalue weighted by Gasteiger charge is -1.96. The van der Waals surface area contributed by atoms with Crippen molar-refractivity contribution in [3.05, 3.63) is 16.9 Å². The molecule has 0 unspecified atom stereocenters. The molecule has 0 saturated carbocycles. The first-order valence-electron chi connectivity index (χ1n) is 2.62. The van der Waals surface area contributed by atoms with Gasteiger partial charge in [-0.05, 0) is 0 Å². The van der Waals surface area contributed by atoms with Crippen LogP contribution in [0.1, 0.15) is 10.5 Å². The summed E-state index contributed by atoms with van der Waals surface area (Å²) in [7, 11) is 0. The molecule has 58 valence electrons. The molecule has 1 rings (SSSR count). The summed E-state index contributed by atoms with van der Waals surface area (Å²) in [5.41, 5.74) is 4.84. The smallest absolute Gasteiger partial charge is 0.356 e. The van der Waals surface area contributed by atoms with Gasteiger partial charge in [-0.15, -0.1) is 0 Å². The largest absolute Gasteiger partial charge is 0.476 e. The van der Waals surface area contributed by atoms with Crippen molar-refractivity contribution in [3.63, 3.8) is 0 Å². The predicted molar refractivity (Wildman–Crippen MR) is 38.4 cm³/mol. The molecule has 6 heteroatoms. The molecular formula is C5H4ClN3O2. The lowest BCUT2D eigenvalue weighted by Crippen LogP contribution is -2.05. The number of anilines is 1. The molecule has 0 aliphatic heterocycles. The standard InChI is InChI=1S/C5H4ClN3O2/c6-2-1-8-5(7)9-3(2)4(10)11/h1H,(H,10,11)(H2,7,8,9). The maximum absolute atomic E-state index is 10.3. The van der Waals surface area contributed by atoms with E-state index in [4.69, 9.17) is 22.4 Å². The maximum Gasteiger partial charge on any atom is 0.356 e. The number of rotatable bonds is 1. The molecule has 1 aromatic heterocycles. The third kappa shape index (κ3) is 1.56. The van der Waals surface area contributed by atoms with Crippen molar-refractivity contribution in [3.8, 4) is 0 Å². The second-order valence-electron chi connectivity index (χ2n) is 1.73. The minimum atomic E-state index is -1.22. The lowest BCUT2D eigenvalue weighted by molar-refractivity contribution is 0.0690. The molecule has 0 fully saturated rings. The number of hydrogen-bond acceptors (Lipinski definition) is 4. The number of carbonyl (C=O) groups is 1. The van der Waals surface area contributed by atoms with E-state index in [-0.39, 0.29) is 16.7 Å². The second-order valence-corrected chi connectivity index (χ2v) is 2.14. The first kappa shape index (κ1) is 7.74. The van der Waals surface area contributed by atoms with E-state index in [2.05, 4.69) is 9.97 Å². The van der Waals surface area contributed by atoms with E-state index in [0.29, 0.717) is 0 Å². The Morgan fingerprint density at radius 3 is 2.82 bits per heavy atom. The topological polar surface area (TPSA) is 89.1 Å². The van der Waals surface area contributed by atoms with Crippen molar-refractivity contribution in [2.45, 2.75) is 0 Å². The van der Waals surface area contributed by atoms with Crippen LogP contribution in [-0.2, 0) is 0 Å². The molecule has 0 bridgehead atoms. The monoisotopic (exact) mass is 173 g/mol. The fourth-order valence-electron chi connectivity index (χ4n) is 0.531. The van der Waals surface area contributed by atoms with Crippen LogP contribution in [0.2, 0.25) is 5.02 Å². The number of hydrogen-bond donors (Lipinski definition) is 2. The minimum absolute atomic E-state index is 0.0216. The fourth-order valence-corrected chi connectivity index (χ4v) is 0.703. The summed E-state index contributed by atoms with van der Waals surface area (Å²) in [5, 5.41) is 8.44. The van der Waals surface area contributed by atoms with E-state index >= 15 is 0 Å². The average molecular weight is 174 g/mol. The molecule has 1 heterocycles. The highest BCUT2D eigenvalue weighted by Gasteiger charge is 2.10. The van der Waals surface area contributed by atoms with Crippen LogP contribution in [-0.4, -0.2) is 21.0 Å². The summed E-state index contributed by atoms with van der Waals surface area (Å²) in [6, 6.07) is 0. The number of nitrogens with zero attached hydrogens (tertiary/aromatic N) is 2. The van der Waals surface area contributed by atoms with E-state index in [1.807, 2.05) is 0 Å². The fraction of sp³-hybridized carbons (Fsp3) is 0. The molecule has 0 aliphatic rings. The molecule has 0 spiro atoms. The number of carboxylic acid groups (broad SMARTS) is 1. The Kier molecular flexibility index (Phi) is 1.91. The first-order valence-corrected chi connectivity index (χ1v) is 3.00. The van der Waals surface area contributed by atoms with Gasteiger partial charge in [0.2, 0.25) is 5.95 Å². The van der Waals surface area contributed by atoms with Crippen LogP contribution in [0, 0.1) is 0 Å². The molecule has 0 aromatic carbocycles. The Labute approximate surface area is 66.8 Å². The van der Waals surface area contributed by atoms with Crippen molar-refractivity contribution in [1.82, 2.24) is 9.97 Å². The molecule has 0 saturated heterocycles. The Hall–Kier alpha value is -1.36. The molecule has 0 amide bonds. The number of carboxylic acids is 1. The van der Waals surface area contributed by atoms with Crippen molar-refractivity contribution in [1.29, 1.82) is 0 Å². The summed E-state index contributed by atoms with van der Waals surface area (Å²) < 4.78 is 0. The molecule has 1 aromatic rings. The Morgan fingerprint density at radius 2 is 2.36 bits per heavy atom. The molecule has 3 N–H and O–H groups in total. The van der Waals surface area contributed by atoms with Crippen LogP contribution < -0.4 is 5.73 Å². The molecule has 11 heavy (non-hydrogen) atoms. The van der Waals surface area contributed by atoms with Gasteiger partial charge in [0.25, 0.3) is 0 Å². The molecular weight excluding hydrogens is 170 g/mol. The molecule has 0 aliphatic carbocycles. The Bertz CT molecular complexity index is 302. The van der Waals surface area contributed by atoms with Gasteiger partial charge in [-0.1, -0.05) is 11.6 Å². The van der Waals surface area contributed by atoms with Crippen molar-refractivity contribution in [2.75, 3.05) is 5.73 Å². The van der Waals surface area contributed by atoms with Gasteiger partial charge in [-0.25, -0.2) is 14.8 Å². The summed E-state index contributed by atoms with van der Waals surface area (Å²) >= 11 is 5.43.